The lowest BCUT2D eigenvalue weighted by atomic mass is 9.81. The quantitative estimate of drug-likeness (QED) is 0.183. The van der Waals surface area contributed by atoms with Gasteiger partial charge >= 0.3 is 5.97 Å². The van der Waals surface area contributed by atoms with Gasteiger partial charge in [0, 0.05) is 22.6 Å². The molecule has 2 saturated carbocycles. The van der Waals surface area contributed by atoms with Gasteiger partial charge in [-0.05, 0) is 61.1 Å². The van der Waals surface area contributed by atoms with Gasteiger partial charge in [-0.25, -0.2) is 4.90 Å². The summed E-state index contributed by atoms with van der Waals surface area (Å²) in [7, 11) is 0. The molecule has 0 spiro atoms. The van der Waals surface area contributed by atoms with Gasteiger partial charge < -0.3 is 9.64 Å². The normalized spacial score (nSPS) is 31.9. The fourth-order valence-corrected chi connectivity index (χ4v) is 8.80. The second kappa shape index (κ2) is 9.61. The van der Waals surface area contributed by atoms with Crippen LogP contribution in [0, 0.1) is 36.5 Å². The number of nitrogens with zero attached hydrogens (tertiary/aromatic N) is 2. The molecule has 7 nitrogen and oxygen atoms in total. The first-order valence-electron chi connectivity index (χ1n) is 12.3. The van der Waals surface area contributed by atoms with Crippen molar-refractivity contribution in [2.24, 2.45) is 29.6 Å². The van der Waals surface area contributed by atoms with Gasteiger partial charge in [-0.2, -0.15) is 0 Å². The van der Waals surface area contributed by atoms with E-state index in [9.17, 15) is 19.2 Å². The molecule has 0 N–H and O–H groups in total. The minimum Gasteiger partial charge on any atom is -0.426 e. The summed E-state index contributed by atoms with van der Waals surface area (Å²) in [4.78, 5) is 55.4. The van der Waals surface area contributed by atoms with Gasteiger partial charge in [0.1, 0.15) is 5.75 Å². The third kappa shape index (κ3) is 3.95. The molecule has 0 unspecified atom stereocenters. The standard InChI is InChI=1S/C27H22Br2Cl2N2O5/c1-11-7-13(38-27(37)12-8-19(34)32(10-12)18-4-2-3-16(30)24(18)31)5-6-17(11)33-25(35)20-14-9-15(21(20)26(33)36)23(29)22(14)28/h2-7,12,14-15,20-23H,8-10H2,1H3/t12-,14-,15-,20-,21+,22-,23+/m1/s1. The summed E-state index contributed by atoms with van der Waals surface area (Å²) in [5, 5.41) is 0.577. The Morgan fingerprint density at radius 2 is 1.63 bits per heavy atom. The van der Waals surface area contributed by atoms with Crippen molar-refractivity contribution in [3.8, 4) is 5.75 Å². The van der Waals surface area contributed by atoms with Crippen LogP contribution in [-0.2, 0) is 19.2 Å². The fraction of sp³-hybridized carbons (Fsp3) is 0.407. The molecule has 11 heteroatoms. The van der Waals surface area contributed by atoms with Crippen LogP contribution >= 0.6 is 55.1 Å². The maximum Gasteiger partial charge on any atom is 0.316 e. The highest BCUT2D eigenvalue weighted by Crippen LogP contribution is 2.60. The number of hydrogen-bond donors (Lipinski definition) is 0. The van der Waals surface area contributed by atoms with Crippen LogP contribution in [0.15, 0.2) is 36.4 Å². The van der Waals surface area contributed by atoms with Crippen molar-refractivity contribution in [2.45, 2.75) is 29.4 Å². The number of alkyl halides is 2. The zero-order valence-corrected chi connectivity index (χ0v) is 24.8. The lowest BCUT2D eigenvalue weighted by Crippen LogP contribution is -2.37. The predicted octanol–water partition coefficient (Wildman–Crippen LogP) is 5.54. The first-order valence-corrected chi connectivity index (χ1v) is 14.9. The number of hydrogen-bond acceptors (Lipinski definition) is 5. The largest absolute Gasteiger partial charge is 0.426 e. The number of amides is 3. The van der Waals surface area contributed by atoms with Gasteiger partial charge in [0.25, 0.3) is 0 Å². The molecule has 4 fully saturated rings. The van der Waals surface area contributed by atoms with Crippen LogP contribution in [0.2, 0.25) is 10.0 Å². The summed E-state index contributed by atoms with van der Waals surface area (Å²) >= 11 is 19.8. The molecule has 2 saturated heterocycles. The minimum atomic E-state index is -0.677. The fourth-order valence-electron chi connectivity index (χ4n) is 6.53. The molecule has 0 aromatic heterocycles. The van der Waals surface area contributed by atoms with Crippen LogP contribution < -0.4 is 14.5 Å². The molecule has 2 bridgehead atoms. The highest BCUT2D eigenvalue weighted by atomic mass is 79.9. The molecule has 0 radical (unpaired) electrons. The summed E-state index contributed by atoms with van der Waals surface area (Å²) in [6.45, 7) is 1.90. The van der Waals surface area contributed by atoms with Crippen molar-refractivity contribution in [3.05, 3.63) is 52.0 Å². The maximum absolute atomic E-state index is 13.4. The molecule has 2 aromatic rings. The lowest BCUT2D eigenvalue weighted by molar-refractivity contribution is -0.139. The topological polar surface area (TPSA) is 84.0 Å². The van der Waals surface area contributed by atoms with E-state index in [1.807, 2.05) is 0 Å². The average molecular weight is 685 g/mol. The number of ether oxygens (including phenoxy) is 1. The molecule has 2 heterocycles. The van der Waals surface area contributed by atoms with Crippen LogP contribution in [0.3, 0.4) is 0 Å². The molecule has 7 atom stereocenters. The van der Waals surface area contributed by atoms with Crippen molar-refractivity contribution in [1.29, 1.82) is 0 Å². The molecule has 4 aliphatic rings. The summed E-state index contributed by atoms with van der Waals surface area (Å²) in [6.07, 6.45) is 0.856. The summed E-state index contributed by atoms with van der Waals surface area (Å²) in [5.74, 6) is -1.86. The van der Waals surface area contributed by atoms with Gasteiger partial charge in [0.05, 0.1) is 39.2 Å². The summed E-state index contributed by atoms with van der Waals surface area (Å²) in [6, 6.07) is 9.86. The second-order valence-corrected chi connectivity index (χ2v) is 13.3. The molecule has 2 aliphatic heterocycles. The van der Waals surface area contributed by atoms with Crippen LogP contribution in [0.25, 0.3) is 0 Å². The first-order chi connectivity index (χ1) is 18.1. The predicted molar refractivity (Wildman–Crippen MR) is 150 cm³/mol. The highest BCUT2D eigenvalue weighted by Gasteiger charge is 2.66. The van der Waals surface area contributed by atoms with Gasteiger partial charge in [0.15, 0.2) is 0 Å². The Morgan fingerprint density at radius 1 is 0.974 bits per heavy atom. The number of fused-ring (bicyclic) bond motifs is 5. The van der Waals surface area contributed by atoms with E-state index in [2.05, 4.69) is 31.9 Å². The SMILES string of the molecule is Cc1cc(OC(=O)[C@@H]2CC(=O)N(c3cccc(Cl)c3Cl)C2)ccc1N1C(=O)[C@@H]2[C@H]3C[C@@H]([C@H](Br)[C@@H]3Br)[C@@H]2C1=O. The van der Waals surface area contributed by atoms with E-state index >= 15 is 0 Å². The molecule has 198 valence electrons. The zero-order valence-electron chi connectivity index (χ0n) is 20.1. The smallest absolute Gasteiger partial charge is 0.316 e. The third-order valence-electron chi connectivity index (χ3n) is 8.30. The summed E-state index contributed by atoms with van der Waals surface area (Å²) < 4.78 is 5.61. The highest BCUT2D eigenvalue weighted by molar-refractivity contribution is 9.12. The van der Waals surface area contributed by atoms with Gasteiger partial charge in [0.2, 0.25) is 17.7 Å². The van der Waals surface area contributed by atoms with E-state index in [0.717, 1.165) is 6.42 Å². The zero-order chi connectivity index (χ0) is 27.0. The average Bonchev–Trinajstić information content (AvgIpc) is 3.59. The summed E-state index contributed by atoms with van der Waals surface area (Å²) in [5.41, 5.74) is 1.60. The Morgan fingerprint density at radius 3 is 2.26 bits per heavy atom. The van der Waals surface area contributed by atoms with Gasteiger partial charge in [-0.1, -0.05) is 61.1 Å². The number of esters is 1. The maximum atomic E-state index is 13.4. The van der Waals surface area contributed by atoms with Crippen LogP contribution in [0.5, 0.6) is 5.75 Å². The van der Waals surface area contributed by atoms with E-state index in [4.69, 9.17) is 27.9 Å². The van der Waals surface area contributed by atoms with Gasteiger partial charge in [-0.3, -0.25) is 19.2 Å². The molecular formula is C27H22Br2Cl2N2O5. The Balaban J connectivity index is 1.17. The van der Waals surface area contributed by atoms with Crippen molar-refractivity contribution in [1.82, 2.24) is 0 Å². The molecule has 38 heavy (non-hydrogen) atoms. The Bertz CT molecular complexity index is 1370. The van der Waals surface area contributed by atoms with Crippen LogP contribution in [-0.4, -0.2) is 39.9 Å². The van der Waals surface area contributed by atoms with Crippen molar-refractivity contribution < 1.29 is 23.9 Å². The second-order valence-electron chi connectivity index (χ2n) is 10.4. The van der Waals surface area contributed by atoms with Crippen LogP contribution in [0.1, 0.15) is 18.4 Å². The number of carbonyl (C=O) groups excluding carboxylic acids is 4. The number of rotatable bonds is 4. The van der Waals surface area contributed by atoms with E-state index in [0.29, 0.717) is 22.0 Å². The molecule has 3 amide bonds. The molecule has 2 aliphatic carbocycles. The minimum absolute atomic E-state index is 0.0102. The first kappa shape index (κ1) is 26.3. The number of aryl methyl sites for hydroxylation is 1. The third-order valence-corrected chi connectivity index (χ3v) is 12.3. The van der Waals surface area contributed by atoms with Crippen molar-refractivity contribution in [3.63, 3.8) is 0 Å². The number of imide groups is 1. The molecule has 6 rings (SSSR count). The van der Waals surface area contributed by atoms with E-state index < -0.39 is 11.9 Å². The molecule has 2 aromatic carbocycles. The Kier molecular flexibility index (Phi) is 6.65. The number of anilines is 2. The Hall–Kier alpha value is -1.94. The van der Waals surface area contributed by atoms with Crippen LogP contribution in [0.4, 0.5) is 11.4 Å². The Labute approximate surface area is 246 Å². The number of benzene rings is 2. The monoisotopic (exact) mass is 682 g/mol. The van der Waals surface area contributed by atoms with Gasteiger partial charge in [-0.15, -0.1) is 0 Å². The van der Waals surface area contributed by atoms with Crippen molar-refractivity contribution in [2.75, 3.05) is 16.3 Å². The van der Waals surface area contributed by atoms with E-state index in [1.165, 1.54) is 9.80 Å². The van der Waals surface area contributed by atoms with E-state index in [-0.39, 0.29) is 74.8 Å². The number of halogens is 4. The number of carbonyl (C=O) groups is 4. The van der Waals surface area contributed by atoms with Crippen molar-refractivity contribution >= 4 is 90.1 Å². The molecular weight excluding hydrogens is 663 g/mol. The lowest BCUT2D eigenvalue weighted by Gasteiger charge is -2.28. The van der Waals surface area contributed by atoms with E-state index in [1.54, 1.807) is 43.3 Å².